The minimum absolute atomic E-state index is 0.0132. The van der Waals surface area contributed by atoms with Crippen LogP contribution in [0.1, 0.15) is 18.1 Å². The second-order valence-electron chi connectivity index (χ2n) is 4.16. The first kappa shape index (κ1) is 13.4. The van der Waals surface area contributed by atoms with Crippen molar-refractivity contribution in [2.24, 2.45) is 5.73 Å². The molecule has 0 bridgehead atoms. The molecule has 98 valence electrons. The van der Waals surface area contributed by atoms with Gasteiger partial charge in [-0.1, -0.05) is 30.7 Å². The summed E-state index contributed by atoms with van der Waals surface area (Å²) >= 11 is 6.10. The number of ether oxygens (including phenoxy) is 1. The van der Waals surface area contributed by atoms with Crippen molar-refractivity contribution >= 4 is 17.4 Å². The molecule has 4 heteroatoms. The quantitative estimate of drug-likeness (QED) is 0.654. The SMILES string of the molecule is CCc1ccc(Oc2ccc(C(=N)N)cc2Cl)cc1. The van der Waals surface area contributed by atoms with Crippen molar-refractivity contribution in [3.05, 3.63) is 58.6 Å². The molecule has 0 heterocycles. The molecule has 2 rings (SSSR count). The van der Waals surface area contributed by atoms with E-state index in [2.05, 4.69) is 6.92 Å². The Morgan fingerprint density at radius 3 is 2.42 bits per heavy atom. The molecule has 0 saturated carbocycles. The van der Waals surface area contributed by atoms with E-state index in [4.69, 9.17) is 27.5 Å². The van der Waals surface area contributed by atoms with Gasteiger partial charge in [-0.2, -0.15) is 0 Å². The van der Waals surface area contributed by atoms with Gasteiger partial charge in [-0.05, 0) is 42.3 Å². The topological polar surface area (TPSA) is 59.1 Å². The number of nitrogens with one attached hydrogen (secondary N) is 1. The highest BCUT2D eigenvalue weighted by Gasteiger charge is 2.06. The van der Waals surface area contributed by atoms with Crippen LogP contribution in [-0.2, 0) is 6.42 Å². The molecule has 0 aliphatic heterocycles. The molecule has 3 nitrogen and oxygen atoms in total. The standard InChI is InChI=1S/C15H15ClN2O/c1-2-10-3-6-12(7-4-10)19-14-8-5-11(15(17)18)9-13(14)16/h3-9H,2H2,1H3,(H3,17,18). The Labute approximate surface area is 117 Å². The van der Waals surface area contributed by atoms with Crippen LogP contribution in [0.2, 0.25) is 5.02 Å². The first-order valence-electron chi connectivity index (χ1n) is 6.01. The molecule has 0 unspecified atom stereocenters. The zero-order valence-electron chi connectivity index (χ0n) is 10.6. The lowest BCUT2D eigenvalue weighted by Gasteiger charge is -2.09. The Kier molecular flexibility index (Phi) is 4.07. The van der Waals surface area contributed by atoms with Crippen molar-refractivity contribution in [1.29, 1.82) is 5.41 Å². The van der Waals surface area contributed by atoms with Crippen LogP contribution in [0.4, 0.5) is 0 Å². The number of hydrogen-bond donors (Lipinski definition) is 2. The number of benzene rings is 2. The summed E-state index contributed by atoms with van der Waals surface area (Å²) in [5.41, 5.74) is 7.24. The van der Waals surface area contributed by atoms with E-state index in [-0.39, 0.29) is 5.84 Å². The van der Waals surface area contributed by atoms with Crippen molar-refractivity contribution in [1.82, 2.24) is 0 Å². The normalized spacial score (nSPS) is 10.2. The molecule has 0 radical (unpaired) electrons. The third-order valence-corrected chi connectivity index (χ3v) is 3.10. The minimum atomic E-state index is -0.0132. The van der Waals surface area contributed by atoms with Crippen LogP contribution >= 0.6 is 11.6 Å². The van der Waals surface area contributed by atoms with Gasteiger partial charge in [0.15, 0.2) is 0 Å². The molecule has 19 heavy (non-hydrogen) atoms. The van der Waals surface area contributed by atoms with E-state index in [0.29, 0.717) is 16.3 Å². The minimum Gasteiger partial charge on any atom is -0.456 e. The fourth-order valence-electron chi connectivity index (χ4n) is 1.67. The van der Waals surface area contributed by atoms with E-state index >= 15 is 0 Å². The summed E-state index contributed by atoms with van der Waals surface area (Å²) in [5, 5.41) is 7.78. The van der Waals surface area contributed by atoms with Gasteiger partial charge in [-0.25, -0.2) is 0 Å². The van der Waals surface area contributed by atoms with Gasteiger partial charge < -0.3 is 10.5 Å². The summed E-state index contributed by atoms with van der Waals surface area (Å²) < 4.78 is 5.70. The van der Waals surface area contributed by atoms with Crippen molar-refractivity contribution in [3.63, 3.8) is 0 Å². The highest BCUT2D eigenvalue weighted by molar-refractivity contribution is 6.32. The summed E-state index contributed by atoms with van der Waals surface area (Å²) in [5.74, 6) is 1.27. The monoisotopic (exact) mass is 274 g/mol. The van der Waals surface area contributed by atoms with Gasteiger partial charge in [0.05, 0.1) is 5.02 Å². The lowest BCUT2D eigenvalue weighted by molar-refractivity contribution is 0.482. The molecular formula is C15H15ClN2O. The van der Waals surface area contributed by atoms with E-state index in [1.165, 1.54) is 5.56 Å². The number of halogens is 1. The Morgan fingerprint density at radius 1 is 1.21 bits per heavy atom. The van der Waals surface area contributed by atoms with Crippen LogP contribution < -0.4 is 10.5 Å². The van der Waals surface area contributed by atoms with Crippen molar-refractivity contribution < 1.29 is 4.74 Å². The fourth-order valence-corrected chi connectivity index (χ4v) is 1.89. The molecule has 3 N–H and O–H groups in total. The number of aryl methyl sites for hydroxylation is 1. The van der Waals surface area contributed by atoms with Crippen molar-refractivity contribution in [2.75, 3.05) is 0 Å². The Morgan fingerprint density at radius 2 is 1.89 bits per heavy atom. The van der Waals surface area contributed by atoms with E-state index in [9.17, 15) is 0 Å². The van der Waals surface area contributed by atoms with Crippen LogP contribution in [0, 0.1) is 5.41 Å². The van der Waals surface area contributed by atoms with Crippen LogP contribution in [0.15, 0.2) is 42.5 Å². The third-order valence-electron chi connectivity index (χ3n) is 2.80. The van der Waals surface area contributed by atoms with Gasteiger partial charge >= 0.3 is 0 Å². The summed E-state index contributed by atoms with van der Waals surface area (Å²) in [6, 6.07) is 12.9. The maximum atomic E-state index is 7.35. The molecular weight excluding hydrogens is 260 g/mol. The van der Waals surface area contributed by atoms with E-state index < -0.39 is 0 Å². The van der Waals surface area contributed by atoms with E-state index in [0.717, 1.165) is 12.2 Å². The number of nitrogens with two attached hydrogens (primary N) is 1. The second-order valence-corrected chi connectivity index (χ2v) is 4.57. The van der Waals surface area contributed by atoms with Gasteiger partial charge in [0, 0.05) is 5.56 Å². The average Bonchev–Trinajstić information content (AvgIpc) is 2.41. The Hall–Kier alpha value is -2.00. The van der Waals surface area contributed by atoms with Gasteiger partial charge in [0.2, 0.25) is 0 Å². The Bertz CT molecular complexity index is 594. The number of rotatable bonds is 4. The number of nitrogen functional groups attached to an aromatic ring is 1. The van der Waals surface area contributed by atoms with Crippen molar-refractivity contribution in [2.45, 2.75) is 13.3 Å². The fraction of sp³-hybridized carbons (Fsp3) is 0.133. The molecule has 0 saturated heterocycles. The predicted molar refractivity (Wildman–Crippen MR) is 78.4 cm³/mol. The lowest BCUT2D eigenvalue weighted by atomic mass is 10.2. The highest BCUT2D eigenvalue weighted by Crippen LogP contribution is 2.30. The van der Waals surface area contributed by atoms with Gasteiger partial charge in [-0.15, -0.1) is 0 Å². The van der Waals surface area contributed by atoms with Gasteiger partial charge in [0.25, 0.3) is 0 Å². The van der Waals surface area contributed by atoms with E-state index in [1.54, 1.807) is 18.2 Å². The maximum Gasteiger partial charge on any atom is 0.146 e. The largest absolute Gasteiger partial charge is 0.456 e. The summed E-state index contributed by atoms with van der Waals surface area (Å²) in [6.07, 6.45) is 0.994. The zero-order chi connectivity index (χ0) is 13.8. The number of amidine groups is 1. The number of hydrogen-bond acceptors (Lipinski definition) is 2. The zero-order valence-corrected chi connectivity index (χ0v) is 11.4. The molecule has 0 atom stereocenters. The van der Waals surface area contributed by atoms with Gasteiger partial charge in [-0.3, -0.25) is 5.41 Å². The predicted octanol–water partition coefficient (Wildman–Crippen LogP) is 3.98. The smallest absolute Gasteiger partial charge is 0.146 e. The first-order valence-corrected chi connectivity index (χ1v) is 6.38. The lowest BCUT2D eigenvalue weighted by Crippen LogP contribution is -2.10. The average molecular weight is 275 g/mol. The molecule has 0 fully saturated rings. The molecule has 0 aliphatic rings. The summed E-state index contributed by atoms with van der Waals surface area (Å²) in [4.78, 5) is 0. The summed E-state index contributed by atoms with van der Waals surface area (Å²) in [7, 11) is 0. The molecule has 0 aromatic heterocycles. The van der Waals surface area contributed by atoms with Crippen molar-refractivity contribution in [3.8, 4) is 11.5 Å². The molecule has 0 spiro atoms. The highest BCUT2D eigenvalue weighted by atomic mass is 35.5. The third kappa shape index (κ3) is 3.26. The van der Waals surface area contributed by atoms with Crippen LogP contribution in [0.3, 0.4) is 0 Å². The molecule has 0 amide bonds. The summed E-state index contributed by atoms with van der Waals surface area (Å²) in [6.45, 7) is 2.10. The van der Waals surface area contributed by atoms with Gasteiger partial charge in [0.1, 0.15) is 17.3 Å². The molecule has 2 aromatic rings. The van der Waals surface area contributed by atoms with Crippen LogP contribution in [-0.4, -0.2) is 5.84 Å². The van der Waals surface area contributed by atoms with Crippen LogP contribution in [0.5, 0.6) is 11.5 Å². The van der Waals surface area contributed by atoms with E-state index in [1.807, 2.05) is 24.3 Å². The Balaban J connectivity index is 2.20. The first-order chi connectivity index (χ1) is 9.10. The maximum absolute atomic E-state index is 7.35. The van der Waals surface area contributed by atoms with Crippen LogP contribution in [0.25, 0.3) is 0 Å². The molecule has 2 aromatic carbocycles. The molecule has 0 aliphatic carbocycles. The second kappa shape index (κ2) is 5.76.